The molecule has 0 saturated carbocycles. The van der Waals surface area contributed by atoms with E-state index in [2.05, 4.69) is 11.4 Å². The lowest BCUT2D eigenvalue weighted by Gasteiger charge is -2.26. The molecule has 0 atom stereocenters. The SMILES string of the molecule is CCOc1ccc(NC(=O)CN2CC=C(c3ccc(O)cc3)CC2)cc1S(=O)(=O)N(CC)CC. The zero-order valence-electron chi connectivity index (χ0n) is 20.0. The molecular weight excluding hydrogens is 454 g/mol. The Hall–Kier alpha value is -2.88. The average Bonchev–Trinajstić information content (AvgIpc) is 2.82. The van der Waals surface area contributed by atoms with Crippen LogP contribution >= 0.6 is 0 Å². The molecule has 8 nitrogen and oxygen atoms in total. The number of hydrogen-bond donors (Lipinski definition) is 2. The number of nitrogens with one attached hydrogen (secondary N) is 1. The Morgan fingerprint density at radius 1 is 1.12 bits per heavy atom. The van der Waals surface area contributed by atoms with Crippen LogP contribution in [0.5, 0.6) is 11.5 Å². The summed E-state index contributed by atoms with van der Waals surface area (Å²) in [5.74, 6) is 0.299. The molecule has 0 saturated heterocycles. The highest BCUT2D eigenvalue weighted by atomic mass is 32.2. The lowest BCUT2D eigenvalue weighted by atomic mass is 9.99. The number of carbonyl (C=O) groups excluding carboxylic acids is 1. The molecule has 1 heterocycles. The summed E-state index contributed by atoms with van der Waals surface area (Å²) in [7, 11) is -3.75. The summed E-state index contributed by atoms with van der Waals surface area (Å²) in [6.07, 6.45) is 2.89. The second kappa shape index (κ2) is 11.5. The van der Waals surface area contributed by atoms with Crippen molar-refractivity contribution >= 4 is 27.2 Å². The molecular formula is C25H33N3O5S. The van der Waals surface area contributed by atoms with E-state index in [9.17, 15) is 18.3 Å². The number of aromatic hydroxyl groups is 1. The van der Waals surface area contributed by atoms with Gasteiger partial charge in [0.2, 0.25) is 15.9 Å². The third kappa shape index (κ3) is 6.16. The number of anilines is 1. The lowest BCUT2D eigenvalue weighted by molar-refractivity contribution is -0.117. The lowest BCUT2D eigenvalue weighted by Crippen LogP contribution is -2.36. The molecule has 2 N–H and O–H groups in total. The highest BCUT2D eigenvalue weighted by Crippen LogP contribution is 2.30. The van der Waals surface area contributed by atoms with E-state index >= 15 is 0 Å². The molecule has 0 aliphatic carbocycles. The molecule has 0 fully saturated rings. The zero-order valence-corrected chi connectivity index (χ0v) is 20.8. The van der Waals surface area contributed by atoms with Crippen molar-refractivity contribution in [3.63, 3.8) is 0 Å². The highest BCUT2D eigenvalue weighted by molar-refractivity contribution is 7.89. The molecule has 0 bridgehead atoms. The average molecular weight is 488 g/mol. The summed E-state index contributed by atoms with van der Waals surface area (Å²) < 4.78 is 33.1. The first-order valence-electron chi connectivity index (χ1n) is 11.6. The van der Waals surface area contributed by atoms with E-state index in [0.717, 1.165) is 18.5 Å². The standard InChI is InChI=1S/C25H33N3O5S/c1-4-28(5-2)34(31,32)24-17-21(9-12-23(24)33-6-3)26-25(30)18-27-15-13-20(14-16-27)19-7-10-22(29)11-8-19/h7-13,17,29H,4-6,14-16,18H2,1-3H3,(H,26,30). The van der Waals surface area contributed by atoms with E-state index in [1.165, 1.54) is 15.9 Å². The molecule has 1 amide bonds. The number of rotatable bonds is 10. The van der Waals surface area contributed by atoms with Gasteiger partial charge in [-0.2, -0.15) is 4.31 Å². The number of carbonyl (C=O) groups is 1. The second-order valence-corrected chi connectivity index (χ2v) is 9.90. The molecule has 3 rings (SSSR count). The summed E-state index contributed by atoms with van der Waals surface area (Å²) in [5, 5.41) is 12.3. The van der Waals surface area contributed by atoms with Crippen molar-refractivity contribution in [3.05, 3.63) is 54.1 Å². The fourth-order valence-corrected chi connectivity index (χ4v) is 5.58. The first-order chi connectivity index (χ1) is 16.3. The van der Waals surface area contributed by atoms with Gasteiger partial charge in [-0.1, -0.05) is 32.1 Å². The van der Waals surface area contributed by atoms with Crippen molar-refractivity contribution in [1.29, 1.82) is 0 Å². The third-order valence-corrected chi connectivity index (χ3v) is 7.82. The van der Waals surface area contributed by atoms with Crippen LogP contribution in [-0.2, 0) is 14.8 Å². The van der Waals surface area contributed by atoms with Gasteiger partial charge in [-0.05, 0) is 54.8 Å². The Morgan fingerprint density at radius 2 is 1.82 bits per heavy atom. The number of phenolic OH excluding ortho intramolecular Hbond substituents is 1. The molecule has 184 valence electrons. The number of amides is 1. The maximum Gasteiger partial charge on any atom is 0.246 e. The van der Waals surface area contributed by atoms with E-state index in [-0.39, 0.29) is 28.8 Å². The maximum atomic E-state index is 13.1. The maximum absolute atomic E-state index is 13.1. The fraction of sp³-hybridized carbons (Fsp3) is 0.400. The van der Waals surface area contributed by atoms with Gasteiger partial charge in [0.15, 0.2) is 0 Å². The van der Waals surface area contributed by atoms with Crippen molar-refractivity contribution in [2.45, 2.75) is 32.1 Å². The van der Waals surface area contributed by atoms with Crippen molar-refractivity contribution < 1.29 is 23.1 Å². The van der Waals surface area contributed by atoms with Gasteiger partial charge in [0.1, 0.15) is 16.4 Å². The molecule has 34 heavy (non-hydrogen) atoms. The molecule has 0 unspecified atom stereocenters. The van der Waals surface area contributed by atoms with Gasteiger partial charge in [-0.3, -0.25) is 9.69 Å². The molecule has 2 aromatic carbocycles. The smallest absolute Gasteiger partial charge is 0.246 e. The van der Waals surface area contributed by atoms with Crippen LogP contribution < -0.4 is 10.1 Å². The number of nitrogens with zero attached hydrogens (tertiary/aromatic N) is 2. The van der Waals surface area contributed by atoms with Crippen LogP contribution in [0.15, 0.2) is 53.4 Å². The van der Waals surface area contributed by atoms with Crippen LogP contribution in [0, 0.1) is 0 Å². The van der Waals surface area contributed by atoms with Crippen molar-refractivity contribution in [1.82, 2.24) is 9.21 Å². The summed E-state index contributed by atoms with van der Waals surface area (Å²) in [6, 6.07) is 11.8. The highest BCUT2D eigenvalue weighted by Gasteiger charge is 2.26. The topological polar surface area (TPSA) is 99.2 Å². The molecule has 9 heteroatoms. The van der Waals surface area contributed by atoms with E-state index in [4.69, 9.17) is 4.74 Å². The first-order valence-corrected chi connectivity index (χ1v) is 13.0. The zero-order chi connectivity index (χ0) is 24.7. The molecule has 1 aliphatic rings. The summed E-state index contributed by atoms with van der Waals surface area (Å²) in [5.41, 5.74) is 2.67. The Balaban J connectivity index is 1.68. The molecule has 0 radical (unpaired) electrons. The van der Waals surface area contributed by atoms with Gasteiger partial charge >= 0.3 is 0 Å². The van der Waals surface area contributed by atoms with Gasteiger partial charge in [0.05, 0.1) is 13.2 Å². The van der Waals surface area contributed by atoms with Crippen molar-refractivity contribution in [3.8, 4) is 11.5 Å². The van der Waals surface area contributed by atoms with Crippen LogP contribution in [0.3, 0.4) is 0 Å². The quantitative estimate of drug-likeness (QED) is 0.532. The van der Waals surface area contributed by atoms with Gasteiger partial charge in [0.25, 0.3) is 0 Å². The second-order valence-electron chi connectivity index (χ2n) is 7.99. The van der Waals surface area contributed by atoms with E-state index in [1.807, 2.05) is 17.0 Å². The normalized spacial score (nSPS) is 14.6. The van der Waals surface area contributed by atoms with Gasteiger partial charge in [-0.25, -0.2) is 8.42 Å². The molecule has 0 aromatic heterocycles. The van der Waals surface area contributed by atoms with Gasteiger partial charge in [-0.15, -0.1) is 0 Å². The van der Waals surface area contributed by atoms with Crippen molar-refractivity contribution in [2.24, 2.45) is 0 Å². The van der Waals surface area contributed by atoms with Crippen LogP contribution in [0.2, 0.25) is 0 Å². The largest absolute Gasteiger partial charge is 0.508 e. The first kappa shape index (κ1) is 25.7. The number of benzene rings is 2. The number of hydrogen-bond acceptors (Lipinski definition) is 6. The van der Waals surface area contributed by atoms with Crippen molar-refractivity contribution in [2.75, 3.05) is 44.6 Å². The summed E-state index contributed by atoms with van der Waals surface area (Å²) >= 11 is 0. The summed E-state index contributed by atoms with van der Waals surface area (Å²) in [4.78, 5) is 14.8. The Labute approximate surface area is 201 Å². The predicted molar refractivity (Wildman–Crippen MR) is 133 cm³/mol. The fourth-order valence-electron chi connectivity index (χ4n) is 3.96. The van der Waals surface area contributed by atoms with E-state index in [0.29, 0.717) is 31.9 Å². The Morgan fingerprint density at radius 3 is 2.41 bits per heavy atom. The Bertz CT molecular complexity index is 1130. The minimum absolute atomic E-state index is 0.0512. The Kier molecular flexibility index (Phi) is 8.71. The van der Waals surface area contributed by atoms with Crippen LogP contribution in [-0.4, -0.2) is 68.0 Å². The molecule has 0 spiro atoms. The molecule has 1 aliphatic heterocycles. The van der Waals surface area contributed by atoms with Crippen LogP contribution in [0.1, 0.15) is 32.8 Å². The minimum atomic E-state index is -3.75. The third-order valence-electron chi connectivity index (χ3n) is 5.75. The summed E-state index contributed by atoms with van der Waals surface area (Å²) in [6.45, 7) is 7.94. The number of ether oxygens (including phenoxy) is 1. The molecule has 2 aromatic rings. The van der Waals surface area contributed by atoms with Crippen LogP contribution in [0.4, 0.5) is 5.69 Å². The number of sulfonamides is 1. The number of phenols is 1. The van der Waals surface area contributed by atoms with E-state index in [1.54, 1.807) is 45.0 Å². The minimum Gasteiger partial charge on any atom is -0.508 e. The monoisotopic (exact) mass is 487 g/mol. The van der Waals surface area contributed by atoms with Gasteiger partial charge in [0, 0.05) is 31.9 Å². The van der Waals surface area contributed by atoms with Gasteiger partial charge < -0.3 is 15.2 Å². The van der Waals surface area contributed by atoms with Crippen LogP contribution in [0.25, 0.3) is 5.57 Å². The van der Waals surface area contributed by atoms with E-state index < -0.39 is 10.0 Å². The predicted octanol–water partition coefficient (Wildman–Crippen LogP) is 3.55.